The monoisotopic (exact) mass is 224 g/mol. The lowest BCUT2D eigenvalue weighted by Crippen LogP contribution is -1.99. The van der Waals surface area contributed by atoms with Crippen molar-refractivity contribution < 1.29 is 0 Å². The molecule has 0 aromatic heterocycles. The molecule has 0 atom stereocenters. The average molecular weight is 224 g/mol. The van der Waals surface area contributed by atoms with E-state index in [0.29, 0.717) is 5.82 Å². The summed E-state index contributed by atoms with van der Waals surface area (Å²) in [6.07, 6.45) is 5.25. The first-order chi connectivity index (χ1) is 8.22. The summed E-state index contributed by atoms with van der Waals surface area (Å²) in [4.78, 5) is 12.5. The number of benzene rings is 1. The van der Waals surface area contributed by atoms with Gasteiger partial charge in [0.1, 0.15) is 18.3 Å². The molecule has 0 saturated heterocycles. The van der Waals surface area contributed by atoms with Crippen LogP contribution in [0.3, 0.4) is 0 Å². The summed E-state index contributed by atoms with van der Waals surface area (Å²) < 4.78 is 1.97. The van der Waals surface area contributed by atoms with E-state index in [4.69, 9.17) is 0 Å². The number of rotatable bonds is 1. The third kappa shape index (κ3) is 1.78. The van der Waals surface area contributed by atoms with Crippen LogP contribution in [0.1, 0.15) is 11.1 Å². The second-order valence-electron chi connectivity index (χ2n) is 4.21. The maximum absolute atomic E-state index is 4.27. The van der Waals surface area contributed by atoms with E-state index in [-0.39, 0.29) is 0 Å². The maximum Gasteiger partial charge on any atom is 0.182 e. The highest BCUT2D eigenvalue weighted by Gasteiger charge is 2.07. The number of imidazole rings is 1. The standard InChI is InChI=1S/C13H12N4/c1-9-3-10(2)5-11(4-9)17-6-12-13(16-8-17)15-7-14-12/h3-8H,1-2H3. The fourth-order valence-corrected chi connectivity index (χ4v) is 1.98. The smallest absolute Gasteiger partial charge is 0.182 e. The van der Waals surface area contributed by atoms with Gasteiger partial charge in [-0.2, -0.15) is 0 Å². The van der Waals surface area contributed by atoms with Gasteiger partial charge < -0.3 is 4.57 Å². The molecule has 4 nitrogen and oxygen atoms in total. The zero-order valence-electron chi connectivity index (χ0n) is 9.75. The lowest BCUT2D eigenvalue weighted by Gasteiger charge is -2.09. The van der Waals surface area contributed by atoms with Crippen LogP contribution in [-0.2, 0) is 0 Å². The molecule has 0 radical (unpaired) electrons. The highest BCUT2D eigenvalue weighted by molar-refractivity contribution is 5.50. The van der Waals surface area contributed by atoms with E-state index in [1.165, 1.54) is 17.5 Å². The van der Waals surface area contributed by atoms with Gasteiger partial charge in [-0.1, -0.05) is 6.07 Å². The fraction of sp³-hybridized carbons (Fsp3) is 0.154. The van der Waals surface area contributed by atoms with Crippen LogP contribution in [0.5, 0.6) is 0 Å². The number of hydrogen-bond donors (Lipinski definition) is 0. The minimum absolute atomic E-state index is 0.686. The normalized spacial score (nSPS) is 10.9. The Morgan fingerprint density at radius 1 is 0.941 bits per heavy atom. The Bertz CT molecular complexity index is 621. The highest BCUT2D eigenvalue weighted by atomic mass is 15.1. The molecule has 3 rings (SSSR count). The van der Waals surface area contributed by atoms with Crippen molar-refractivity contribution in [3.05, 3.63) is 48.2 Å². The molecule has 17 heavy (non-hydrogen) atoms. The molecule has 0 aliphatic carbocycles. The van der Waals surface area contributed by atoms with Gasteiger partial charge in [0.2, 0.25) is 0 Å². The third-order valence-electron chi connectivity index (χ3n) is 2.68. The Balaban J connectivity index is 2.17. The predicted octanol–water partition coefficient (Wildman–Crippen LogP) is 2.38. The summed E-state index contributed by atoms with van der Waals surface area (Å²) in [6, 6.07) is 6.39. The van der Waals surface area contributed by atoms with E-state index in [0.717, 1.165) is 11.4 Å². The molecule has 0 unspecified atom stereocenters. The van der Waals surface area contributed by atoms with Crippen LogP contribution < -0.4 is 0 Å². The third-order valence-corrected chi connectivity index (χ3v) is 2.68. The van der Waals surface area contributed by atoms with Crippen molar-refractivity contribution in [2.75, 3.05) is 0 Å². The Labute approximate surface area is 99.3 Å². The molecule has 1 aromatic carbocycles. The maximum atomic E-state index is 4.27. The molecule has 1 aromatic rings. The van der Waals surface area contributed by atoms with Gasteiger partial charge in [0.15, 0.2) is 5.82 Å². The molecule has 0 amide bonds. The van der Waals surface area contributed by atoms with E-state index in [9.17, 15) is 0 Å². The first-order valence-electron chi connectivity index (χ1n) is 5.46. The van der Waals surface area contributed by atoms with Crippen molar-refractivity contribution in [1.29, 1.82) is 0 Å². The largest absolute Gasteiger partial charge is 0.305 e. The van der Waals surface area contributed by atoms with Gasteiger partial charge in [-0.05, 0) is 37.1 Å². The molecular weight excluding hydrogens is 212 g/mol. The SMILES string of the molecule is Cc1cc(C)cc(-n2cnc3ncnc-3c2)c1. The van der Waals surface area contributed by atoms with E-state index < -0.39 is 0 Å². The summed E-state index contributed by atoms with van der Waals surface area (Å²) in [5.74, 6) is 0.686. The van der Waals surface area contributed by atoms with Gasteiger partial charge in [-0.15, -0.1) is 0 Å². The first kappa shape index (κ1) is 9.96. The lowest BCUT2D eigenvalue weighted by atomic mass is 10.1. The summed E-state index contributed by atoms with van der Waals surface area (Å²) in [5.41, 5.74) is 4.38. The Morgan fingerprint density at radius 3 is 2.47 bits per heavy atom. The van der Waals surface area contributed by atoms with Crippen LogP contribution in [0.15, 0.2) is 37.1 Å². The van der Waals surface area contributed by atoms with Crippen molar-refractivity contribution in [2.24, 2.45) is 0 Å². The van der Waals surface area contributed by atoms with E-state index >= 15 is 0 Å². The summed E-state index contributed by atoms with van der Waals surface area (Å²) >= 11 is 0. The summed E-state index contributed by atoms with van der Waals surface area (Å²) in [6.45, 7) is 4.18. The number of fused-ring (bicyclic) bond motifs is 1. The average Bonchev–Trinajstić information content (AvgIpc) is 2.74. The summed E-state index contributed by atoms with van der Waals surface area (Å²) in [5, 5.41) is 0. The first-order valence-corrected chi connectivity index (χ1v) is 5.46. The van der Waals surface area contributed by atoms with Crippen LogP contribution in [0.4, 0.5) is 0 Å². The summed E-state index contributed by atoms with van der Waals surface area (Å²) in [7, 11) is 0. The molecule has 0 bridgehead atoms. The number of aromatic nitrogens is 4. The molecule has 2 heterocycles. The number of aryl methyl sites for hydroxylation is 2. The van der Waals surface area contributed by atoms with Gasteiger partial charge in [0.25, 0.3) is 0 Å². The van der Waals surface area contributed by atoms with E-state index in [1.807, 2.05) is 10.8 Å². The van der Waals surface area contributed by atoms with Gasteiger partial charge in [0.05, 0.1) is 0 Å². The van der Waals surface area contributed by atoms with Crippen LogP contribution in [-0.4, -0.2) is 19.5 Å². The van der Waals surface area contributed by atoms with Crippen molar-refractivity contribution in [3.63, 3.8) is 0 Å². The van der Waals surface area contributed by atoms with Crippen LogP contribution in [0.25, 0.3) is 17.2 Å². The van der Waals surface area contributed by atoms with Crippen LogP contribution in [0, 0.1) is 13.8 Å². The number of hydrogen-bond acceptors (Lipinski definition) is 3. The second kappa shape index (κ2) is 3.66. The Kier molecular flexibility index (Phi) is 2.14. The van der Waals surface area contributed by atoms with Gasteiger partial charge in [-0.25, -0.2) is 15.0 Å². The van der Waals surface area contributed by atoms with Crippen molar-refractivity contribution in [2.45, 2.75) is 13.8 Å². The minimum Gasteiger partial charge on any atom is -0.305 e. The fourth-order valence-electron chi connectivity index (χ4n) is 1.98. The minimum atomic E-state index is 0.686. The molecule has 0 saturated carbocycles. The Hall–Kier alpha value is -2.23. The molecule has 0 N–H and O–H groups in total. The number of nitrogens with zero attached hydrogens (tertiary/aromatic N) is 4. The van der Waals surface area contributed by atoms with Gasteiger partial charge in [-0.3, -0.25) is 0 Å². The predicted molar refractivity (Wildman–Crippen MR) is 65.3 cm³/mol. The topological polar surface area (TPSA) is 43.6 Å². The van der Waals surface area contributed by atoms with Gasteiger partial charge in [0, 0.05) is 11.9 Å². The molecule has 0 fully saturated rings. The molecule has 2 aliphatic heterocycles. The second-order valence-corrected chi connectivity index (χ2v) is 4.21. The van der Waals surface area contributed by atoms with Crippen molar-refractivity contribution >= 4 is 0 Å². The lowest BCUT2D eigenvalue weighted by molar-refractivity contribution is 0.966. The molecular formula is C13H12N4. The molecule has 2 aliphatic rings. The van der Waals surface area contributed by atoms with E-state index in [1.54, 1.807) is 6.33 Å². The van der Waals surface area contributed by atoms with Crippen molar-refractivity contribution in [3.8, 4) is 17.2 Å². The zero-order valence-corrected chi connectivity index (χ0v) is 9.75. The Morgan fingerprint density at radius 2 is 1.71 bits per heavy atom. The molecule has 0 spiro atoms. The van der Waals surface area contributed by atoms with Crippen LogP contribution in [0.2, 0.25) is 0 Å². The van der Waals surface area contributed by atoms with Crippen LogP contribution >= 0.6 is 0 Å². The molecule has 84 valence electrons. The molecule has 4 heteroatoms. The highest BCUT2D eigenvalue weighted by Crippen LogP contribution is 2.17. The quantitative estimate of drug-likeness (QED) is 0.637. The van der Waals surface area contributed by atoms with Gasteiger partial charge >= 0.3 is 0 Å². The zero-order chi connectivity index (χ0) is 11.8. The van der Waals surface area contributed by atoms with E-state index in [2.05, 4.69) is 47.0 Å². The van der Waals surface area contributed by atoms with Crippen molar-refractivity contribution in [1.82, 2.24) is 19.5 Å².